The maximum absolute atomic E-state index is 10.8. The van der Waals surface area contributed by atoms with Crippen LogP contribution in [0.15, 0.2) is 34.9 Å². The van der Waals surface area contributed by atoms with Gasteiger partial charge in [-0.15, -0.1) is 0 Å². The molecule has 6 nitrogen and oxygen atoms in total. The Morgan fingerprint density at radius 2 is 1.54 bits per heavy atom. The van der Waals surface area contributed by atoms with Gasteiger partial charge >= 0.3 is 0 Å². The number of halogens is 1. The third-order valence-corrected chi connectivity index (χ3v) is 4.02. The van der Waals surface area contributed by atoms with Crippen LogP contribution in [0.2, 0.25) is 0 Å². The van der Waals surface area contributed by atoms with Gasteiger partial charge in [-0.25, -0.2) is 4.98 Å². The lowest BCUT2D eigenvalue weighted by molar-refractivity contribution is -0.107. The molecule has 0 aliphatic carbocycles. The molecule has 2 rings (SSSR count). The highest BCUT2D eigenvalue weighted by Gasteiger charge is 2.24. The van der Waals surface area contributed by atoms with E-state index in [0.29, 0.717) is 32.9 Å². The number of hydrogen-bond donors (Lipinski definition) is 1. The van der Waals surface area contributed by atoms with Crippen LogP contribution >= 0.6 is 15.9 Å². The Balaban J connectivity index is 2.60. The van der Waals surface area contributed by atoms with Crippen molar-refractivity contribution in [1.29, 1.82) is 0 Å². The average molecular weight is 398 g/mol. The molecule has 1 aromatic carbocycles. The smallest absolute Gasteiger partial charge is 0.183 e. The molecule has 24 heavy (non-hydrogen) atoms. The number of ether oxygens (including phenoxy) is 4. The maximum atomic E-state index is 10.8. The van der Waals surface area contributed by atoms with Gasteiger partial charge in [-0.3, -0.25) is 0 Å². The first kappa shape index (κ1) is 18.7. The van der Waals surface area contributed by atoms with Crippen LogP contribution < -0.4 is 9.47 Å². The van der Waals surface area contributed by atoms with Crippen molar-refractivity contribution >= 4 is 15.9 Å². The molecule has 130 valence electrons. The fourth-order valence-corrected chi connectivity index (χ4v) is 2.79. The fourth-order valence-electron chi connectivity index (χ4n) is 2.44. The number of nitrogens with zero attached hydrogens (tertiary/aromatic N) is 1. The van der Waals surface area contributed by atoms with Crippen molar-refractivity contribution < 1.29 is 24.1 Å². The number of benzene rings is 1. The van der Waals surface area contributed by atoms with Crippen LogP contribution in [0.3, 0.4) is 0 Å². The Morgan fingerprint density at radius 1 is 0.958 bits per heavy atom. The molecule has 0 aliphatic heterocycles. The van der Waals surface area contributed by atoms with Crippen LogP contribution in [0.25, 0.3) is 0 Å². The highest BCUT2D eigenvalue weighted by atomic mass is 79.9. The van der Waals surface area contributed by atoms with Crippen LogP contribution in [-0.2, 0) is 9.47 Å². The van der Waals surface area contributed by atoms with Gasteiger partial charge in [0.15, 0.2) is 17.8 Å². The summed E-state index contributed by atoms with van der Waals surface area (Å²) in [5.41, 5.74) is 1.68. The number of aliphatic hydroxyl groups is 1. The lowest BCUT2D eigenvalue weighted by Crippen LogP contribution is -2.12. The first-order chi connectivity index (χ1) is 11.5. The minimum atomic E-state index is -0.981. The lowest BCUT2D eigenvalue weighted by atomic mass is 9.98. The van der Waals surface area contributed by atoms with Crippen molar-refractivity contribution in [2.75, 3.05) is 28.4 Å². The molecular formula is C17H20BrNO5. The Bertz CT molecular complexity index is 691. The molecule has 1 aromatic heterocycles. The number of rotatable bonds is 7. The first-order valence-electron chi connectivity index (χ1n) is 7.17. The summed E-state index contributed by atoms with van der Waals surface area (Å²) >= 11 is 3.31. The summed E-state index contributed by atoms with van der Waals surface area (Å²) in [7, 11) is 6.13. The van der Waals surface area contributed by atoms with Gasteiger partial charge in [0.1, 0.15) is 10.7 Å². The number of methoxy groups -OCH3 is 4. The summed E-state index contributed by atoms with van der Waals surface area (Å²) in [6.07, 6.45) is -1.65. The van der Waals surface area contributed by atoms with Gasteiger partial charge in [0, 0.05) is 19.8 Å². The van der Waals surface area contributed by atoms with Crippen LogP contribution in [0.4, 0.5) is 0 Å². The molecule has 1 atom stereocenters. The molecule has 0 fully saturated rings. The quantitative estimate of drug-likeness (QED) is 0.571. The molecule has 1 N–H and O–H groups in total. The zero-order valence-electron chi connectivity index (χ0n) is 13.9. The van der Waals surface area contributed by atoms with E-state index in [2.05, 4.69) is 20.9 Å². The van der Waals surface area contributed by atoms with Crippen molar-refractivity contribution in [3.8, 4) is 11.5 Å². The number of pyridine rings is 1. The molecular weight excluding hydrogens is 378 g/mol. The summed E-state index contributed by atoms with van der Waals surface area (Å²) < 4.78 is 22.0. The molecule has 0 radical (unpaired) electrons. The maximum Gasteiger partial charge on any atom is 0.183 e. The van der Waals surface area contributed by atoms with E-state index in [1.165, 1.54) is 21.3 Å². The second kappa shape index (κ2) is 8.43. The third kappa shape index (κ3) is 3.87. The molecule has 0 bridgehead atoms. The predicted molar refractivity (Wildman–Crippen MR) is 92.3 cm³/mol. The Hall–Kier alpha value is -1.67. The minimum absolute atomic E-state index is 0.490. The molecule has 0 spiro atoms. The van der Waals surface area contributed by atoms with Crippen molar-refractivity contribution in [3.63, 3.8) is 0 Å². The minimum Gasteiger partial charge on any atom is -0.493 e. The molecule has 0 saturated carbocycles. The van der Waals surface area contributed by atoms with Gasteiger partial charge in [-0.1, -0.05) is 6.07 Å². The zero-order valence-corrected chi connectivity index (χ0v) is 15.5. The SMILES string of the molecule is COc1cc(C(OC)OC)c(C(O)c2cccc(Br)n2)cc1OC. The lowest BCUT2D eigenvalue weighted by Gasteiger charge is -2.23. The van der Waals surface area contributed by atoms with E-state index in [-0.39, 0.29) is 0 Å². The van der Waals surface area contributed by atoms with E-state index < -0.39 is 12.4 Å². The normalized spacial score (nSPS) is 12.3. The van der Waals surface area contributed by atoms with Crippen LogP contribution in [-0.4, -0.2) is 38.5 Å². The molecule has 0 amide bonds. The summed E-state index contributed by atoms with van der Waals surface area (Å²) in [5, 5.41) is 10.8. The number of aromatic nitrogens is 1. The average Bonchev–Trinajstić information content (AvgIpc) is 2.61. The fraction of sp³-hybridized carbons (Fsp3) is 0.353. The largest absolute Gasteiger partial charge is 0.493 e. The monoisotopic (exact) mass is 397 g/mol. The highest BCUT2D eigenvalue weighted by molar-refractivity contribution is 9.10. The summed E-state index contributed by atoms with van der Waals surface area (Å²) in [6.45, 7) is 0. The Labute approximate surface area is 149 Å². The van der Waals surface area contributed by atoms with Gasteiger partial charge in [0.2, 0.25) is 0 Å². The Morgan fingerprint density at radius 3 is 2.04 bits per heavy atom. The van der Waals surface area contributed by atoms with Crippen molar-refractivity contribution in [2.45, 2.75) is 12.4 Å². The van der Waals surface area contributed by atoms with Gasteiger partial charge in [0.05, 0.1) is 19.9 Å². The van der Waals surface area contributed by atoms with Gasteiger partial charge < -0.3 is 24.1 Å². The van der Waals surface area contributed by atoms with Crippen LogP contribution in [0.1, 0.15) is 29.2 Å². The van der Waals surface area contributed by atoms with Gasteiger partial charge in [-0.2, -0.15) is 0 Å². The van der Waals surface area contributed by atoms with E-state index in [9.17, 15) is 5.11 Å². The molecule has 1 heterocycles. The van der Waals surface area contributed by atoms with E-state index in [1.807, 2.05) is 0 Å². The van der Waals surface area contributed by atoms with E-state index in [4.69, 9.17) is 18.9 Å². The molecule has 1 unspecified atom stereocenters. The molecule has 2 aromatic rings. The zero-order chi connectivity index (χ0) is 17.7. The van der Waals surface area contributed by atoms with E-state index >= 15 is 0 Å². The van der Waals surface area contributed by atoms with E-state index in [1.54, 1.807) is 37.4 Å². The molecule has 0 saturated heterocycles. The summed E-state index contributed by atoms with van der Waals surface area (Å²) in [6, 6.07) is 8.77. The second-order valence-electron chi connectivity index (χ2n) is 4.93. The third-order valence-electron chi connectivity index (χ3n) is 3.58. The molecule has 7 heteroatoms. The van der Waals surface area contributed by atoms with Crippen LogP contribution in [0, 0.1) is 0 Å². The van der Waals surface area contributed by atoms with E-state index in [0.717, 1.165) is 0 Å². The van der Waals surface area contributed by atoms with Gasteiger partial charge in [0.25, 0.3) is 0 Å². The van der Waals surface area contributed by atoms with Crippen molar-refractivity contribution in [3.05, 3.63) is 51.8 Å². The first-order valence-corrected chi connectivity index (χ1v) is 7.96. The molecule has 0 aliphatic rings. The Kier molecular flexibility index (Phi) is 6.56. The standard InChI is InChI=1S/C17H20BrNO5/c1-21-13-8-10(16(20)12-6-5-7-15(18)19-12)11(9-14(13)22-2)17(23-3)24-4/h5-9,16-17,20H,1-4H3. The number of aliphatic hydroxyl groups excluding tert-OH is 1. The van der Waals surface area contributed by atoms with Crippen molar-refractivity contribution in [2.24, 2.45) is 0 Å². The number of hydrogen-bond acceptors (Lipinski definition) is 6. The van der Waals surface area contributed by atoms with Crippen LogP contribution in [0.5, 0.6) is 11.5 Å². The predicted octanol–water partition coefficient (Wildman–Crippen LogP) is 3.23. The summed E-state index contributed by atoms with van der Waals surface area (Å²) in [5.74, 6) is 1.01. The topological polar surface area (TPSA) is 70.0 Å². The summed E-state index contributed by atoms with van der Waals surface area (Å²) in [4.78, 5) is 4.31. The van der Waals surface area contributed by atoms with Gasteiger partial charge in [-0.05, 0) is 45.8 Å². The highest BCUT2D eigenvalue weighted by Crippen LogP contribution is 2.38. The second-order valence-corrected chi connectivity index (χ2v) is 5.74. The van der Waals surface area contributed by atoms with Crippen molar-refractivity contribution in [1.82, 2.24) is 4.98 Å².